The topological polar surface area (TPSA) is 50.1 Å². The van der Waals surface area contributed by atoms with Gasteiger partial charge in [0.25, 0.3) is 0 Å². The quantitative estimate of drug-likeness (QED) is 0.510. The Kier molecular flexibility index (Phi) is 3.30. The molecule has 0 N–H and O–H groups in total. The van der Waals surface area contributed by atoms with Gasteiger partial charge in [0.15, 0.2) is 0 Å². The highest BCUT2D eigenvalue weighted by atomic mass is 16.5. The Morgan fingerprint density at radius 1 is 1.64 bits per heavy atom. The minimum absolute atomic E-state index is 0.208. The highest BCUT2D eigenvalue weighted by molar-refractivity contribution is 6.09. The maximum absolute atomic E-state index is 11.2. The maximum Gasteiger partial charge on any atom is 0.338 e. The summed E-state index contributed by atoms with van der Waals surface area (Å²) in [4.78, 5) is 11.2. The minimum Gasteiger partial charge on any atom is -0.465 e. The van der Waals surface area contributed by atoms with E-state index in [-0.39, 0.29) is 6.32 Å². The Bertz CT molecular complexity index is 396. The molecule has 0 fully saturated rings. The SMILES string of the molecule is [B]Cc1cc(C#N)ccc1C(=O)OC. The molecule has 0 heterocycles. The smallest absolute Gasteiger partial charge is 0.338 e. The predicted octanol–water partition coefficient (Wildman–Crippen LogP) is 1.01. The molecule has 0 aliphatic carbocycles. The third-order valence-corrected chi connectivity index (χ3v) is 1.86. The summed E-state index contributed by atoms with van der Waals surface area (Å²) in [5.41, 5.74) is 1.52. The van der Waals surface area contributed by atoms with E-state index < -0.39 is 5.97 Å². The predicted molar refractivity (Wildman–Crippen MR) is 52.0 cm³/mol. The summed E-state index contributed by atoms with van der Waals surface area (Å²) in [6.07, 6.45) is 0.208. The highest BCUT2D eigenvalue weighted by Gasteiger charge is 2.10. The number of nitrogens with zero attached hydrogens (tertiary/aromatic N) is 1. The Morgan fingerprint density at radius 2 is 2.36 bits per heavy atom. The second kappa shape index (κ2) is 4.47. The van der Waals surface area contributed by atoms with Crippen molar-refractivity contribution >= 4 is 13.8 Å². The molecule has 4 heteroatoms. The van der Waals surface area contributed by atoms with Gasteiger partial charge in [-0.2, -0.15) is 5.26 Å². The van der Waals surface area contributed by atoms with Crippen molar-refractivity contribution < 1.29 is 9.53 Å². The maximum atomic E-state index is 11.2. The van der Waals surface area contributed by atoms with Gasteiger partial charge in [-0.05, 0) is 23.8 Å². The van der Waals surface area contributed by atoms with Gasteiger partial charge in [-0.3, -0.25) is 0 Å². The number of nitriles is 1. The van der Waals surface area contributed by atoms with Crippen molar-refractivity contribution in [2.24, 2.45) is 0 Å². The first-order valence-corrected chi connectivity index (χ1v) is 4.04. The van der Waals surface area contributed by atoms with E-state index in [2.05, 4.69) is 4.74 Å². The van der Waals surface area contributed by atoms with Crippen LogP contribution in [0, 0.1) is 11.3 Å². The van der Waals surface area contributed by atoms with Crippen LogP contribution in [0.25, 0.3) is 0 Å². The van der Waals surface area contributed by atoms with E-state index in [0.29, 0.717) is 16.7 Å². The number of benzene rings is 1. The summed E-state index contributed by atoms with van der Waals surface area (Å²) in [6.45, 7) is 0. The van der Waals surface area contributed by atoms with E-state index in [1.54, 1.807) is 18.2 Å². The van der Waals surface area contributed by atoms with E-state index in [9.17, 15) is 4.79 Å². The zero-order valence-corrected chi connectivity index (χ0v) is 7.78. The van der Waals surface area contributed by atoms with Gasteiger partial charge >= 0.3 is 5.97 Å². The lowest BCUT2D eigenvalue weighted by molar-refractivity contribution is 0.0600. The Labute approximate surface area is 83.7 Å². The lowest BCUT2D eigenvalue weighted by Gasteiger charge is -2.05. The van der Waals surface area contributed by atoms with Gasteiger partial charge in [0.1, 0.15) is 0 Å². The fraction of sp³-hybridized carbons (Fsp3) is 0.200. The second-order valence-electron chi connectivity index (χ2n) is 2.68. The van der Waals surface area contributed by atoms with E-state index >= 15 is 0 Å². The van der Waals surface area contributed by atoms with Gasteiger partial charge in [0.2, 0.25) is 0 Å². The summed E-state index contributed by atoms with van der Waals surface area (Å²) in [5, 5.41) is 8.64. The van der Waals surface area contributed by atoms with E-state index in [0.717, 1.165) is 0 Å². The summed E-state index contributed by atoms with van der Waals surface area (Å²) in [7, 11) is 6.76. The number of esters is 1. The Hall–Kier alpha value is -1.76. The number of carbonyl (C=O) groups excluding carboxylic acids is 1. The zero-order chi connectivity index (χ0) is 10.6. The molecule has 0 saturated carbocycles. The number of methoxy groups -OCH3 is 1. The monoisotopic (exact) mass is 185 g/mol. The van der Waals surface area contributed by atoms with Crippen molar-refractivity contribution in [3.63, 3.8) is 0 Å². The molecule has 14 heavy (non-hydrogen) atoms. The molecule has 3 nitrogen and oxygen atoms in total. The number of hydrogen-bond acceptors (Lipinski definition) is 3. The highest BCUT2D eigenvalue weighted by Crippen LogP contribution is 2.12. The van der Waals surface area contributed by atoms with E-state index in [1.165, 1.54) is 7.11 Å². The Morgan fingerprint density at radius 3 is 2.86 bits per heavy atom. The molecule has 1 rings (SSSR count). The van der Waals surface area contributed by atoms with Crippen molar-refractivity contribution in [2.45, 2.75) is 6.32 Å². The van der Waals surface area contributed by atoms with Crippen LogP contribution in [0.1, 0.15) is 21.5 Å². The summed E-state index contributed by atoms with van der Waals surface area (Å²) in [5.74, 6) is -0.435. The van der Waals surface area contributed by atoms with Gasteiger partial charge in [-0.25, -0.2) is 4.79 Å². The normalized spacial score (nSPS) is 9.14. The lowest BCUT2D eigenvalue weighted by atomic mass is 9.91. The first-order valence-electron chi connectivity index (χ1n) is 4.04. The van der Waals surface area contributed by atoms with Crippen molar-refractivity contribution in [1.29, 1.82) is 5.26 Å². The van der Waals surface area contributed by atoms with Crippen LogP contribution < -0.4 is 0 Å². The van der Waals surface area contributed by atoms with Crippen LogP contribution in [0.15, 0.2) is 18.2 Å². The molecule has 1 aromatic rings. The van der Waals surface area contributed by atoms with Crippen molar-refractivity contribution in [3.8, 4) is 6.07 Å². The van der Waals surface area contributed by atoms with E-state index in [4.69, 9.17) is 13.1 Å². The first kappa shape index (κ1) is 10.3. The Balaban J connectivity index is 3.19. The summed E-state index contributed by atoms with van der Waals surface area (Å²) >= 11 is 0. The standard InChI is InChI=1S/C10H8BNO2/c1-14-10(13)9-3-2-7(6-12)4-8(9)5-11/h2-4H,5H2,1H3. The molecule has 0 aromatic heterocycles. The number of rotatable bonds is 2. The van der Waals surface area contributed by atoms with Gasteiger partial charge in [0.05, 0.1) is 32.2 Å². The molecule has 0 saturated heterocycles. The van der Waals surface area contributed by atoms with Gasteiger partial charge in [0, 0.05) is 0 Å². The molecule has 68 valence electrons. The van der Waals surface area contributed by atoms with Crippen LogP contribution in [0.2, 0.25) is 0 Å². The zero-order valence-electron chi connectivity index (χ0n) is 7.78. The third kappa shape index (κ3) is 1.94. The van der Waals surface area contributed by atoms with Gasteiger partial charge in [-0.15, -0.1) is 0 Å². The minimum atomic E-state index is -0.435. The molecular weight excluding hydrogens is 177 g/mol. The molecule has 0 aliphatic rings. The van der Waals surface area contributed by atoms with Crippen molar-refractivity contribution in [1.82, 2.24) is 0 Å². The van der Waals surface area contributed by atoms with E-state index in [1.807, 2.05) is 6.07 Å². The summed E-state index contributed by atoms with van der Waals surface area (Å²) in [6, 6.07) is 6.68. The molecule has 0 aliphatic heterocycles. The summed E-state index contributed by atoms with van der Waals surface area (Å²) < 4.78 is 4.57. The molecule has 0 amide bonds. The van der Waals surface area contributed by atoms with Crippen LogP contribution in [-0.2, 0) is 11.1 Å². The van der Waals surface area contributed by atoms with Crippen LogP contribution in [-0.4, -0.2) is 20.9 Å². The molecule has 0 bridgehead atoms. The number of ether oxygens (including phenoxy) is 1. The average Bonchev–Trinajstić information content (AvgIpc) is 2.27. The number of hydrogen-bond donors (Lipinski definition) is 0. The molecule has 0 atom stereocenters. The number of carbonyl (C=O) groups is 1. The molecule has 0 unspecified atom stereocenters. The van der Waals surface area contributed by atoms with Gasteiger partial charge in [-0.1, -0.05) is 6.32 Å². The van der Waals surface area contributed by atoms with Crippen LogP contribution in [0.4, 0.5) is 0 Å². The van der Waals surface area contributed by atoms with Crippen molar-refractivity contribution in [2.75, 3.05) is 7.11 Å². The van der Waals surface area contributed by atoms with Crippen LogP contribution in [0.3, 0.4) is 0 Å². The lowest BCUT2D eigenvalue weighted by Crippen LogP contribution is -2.06. The van der Waals surface area contributed by atoms with Crippen molar-refractivity contribution in [3.05, 3.63) is 34.9 Å². The molecule has 1 aromatic carbocycles. The van der Waals surface area contributed by atoms with Crippen LogP contribution in [0.5, 0.6) is 0 Å². The second-order valence-corrected chi connectivity index (χ2v) is 2.68. The fourth-order valence-electron chi connectivity index (χ4n) is 1.14. The third-order valence-electron chi connectivity index (χ3n) is 1.86. The molecular formula is C10H8BNO2. The largest absolute Gasteiger partial charge is 0.465 e. The van der Waals surface area contributed by atoms with Gasteiger partial charge < -0.3 is 4.74 Å². The average molecular weight is 185 g/mol. The first-order chi connectivity index (χ1) is 6.72. The molecule has 0 spiro atoms. The van der Waals surface area contributed by atoms with Crippen LogP contribution >= 0.6 is 0 Å². The fourth-order valence-corrected chi connectivity index (χ4v) is 1.14. The molecule has 2 radical (unpaired) electrons.